The molecule has 7 nitrogen and oxygen atoms in total. The summed E-state index contributed by atoms with van der Waals surface area (Å²) in [6.45, 7) is -0.214. The Labute approximate surface area is 115 Å². The van der Waals surface area contributed by atoms with Crippen molar-refractivity contribution in [1.82, 2.24) is 4.90 Å². The normalized spacial score (nSPS) is 16.8. The molecule has 0 bridgehead atoms. The van der Waals surface area contributed by atoms with Gasteiger partial charge in [0.15, 0.2) is 0 Å². The fourth-order valence-electron chi connectivity index (χ4n) is 1.58. The predicted molar refractivity (Wildman–Crippen MR) is 67.9 cm³/mol. The molecule has 0 spiro atoms. The van der Waals surface area contributed by atoms with Crippen molar-refractivity contribution < 1.29 is 28.4 Å². The minimum absolute atomic E-state index is 0.107. The standard InChI is InChI=1S/C12H12BNO6/c1-14-7-10(15)19-13(20-11(16)8-14)12(17)18-9-5-3-2-4-6-9/h2-6H,7-8H2,1H3. The van der Waals surface area contributed by atoms with Crippen LogP contribution < -0.4 is 4.74 Å². The zero-order valence-electron chi connectivity index (χ0n) is 10.8. The number of carbonyl (C=O) groups is 3. The second kappa shape index (κ2) is 6.20. The van der Waals surface area contributed by atoms with Crippen molar-refractivity contribution in [2.24, 2.45) is 0 Å². The van der Waals surface area contributed by atoms with E-state index in [-0.39, 0.29) is 18.8 Å². The number of ether oxygens (including phenoxy) is 1. The molecule has 2 rings (SSSR count). The van der Waals surface area contributed by atoms with Crippen molar-refractivity contribution in [3.05, 3.63) is 30.3 Å². The van der Waals surface area contributed by atoms with Crippen molar-refractivity contribution in [2.45, 2.75) is 0 Å². The summed E-state index contributed by atoms with van der Waals surface area (Å²) in [4.78, 5) is 36.1. The van der Waals surface area contributed by atoms with E-state index in [4.69, 9.17) is 14.0 Å². The minimum atomic E-state index is -1.68. The van der Waals surface area contributed by atoms with Crippen LogP contribution >= 0.6 is 0 Å². The van der Waals surface area contributed by atoms with Gasteiger partial charge in [0.2, 0.25) is 0 Å². The second-order valence-corrected chi connectivity index (χ2v) is 4.22. The lowest BCUT2D eigenvalue weighted by molar-refractivity contribution is -0.145. The maximum Gasteiger partial charge on any atom is 0.721 e. The number of hydrogen-bond donors (Lipinski definition) is 0. The van der Waals surface area contributed by atoms with Crippen molar-refractivity contribution >= 4 is 24.9 Å². The summed E-state index contributed by atoms with van der Waals surface area (Å²) in [6.07, 6.45) is 0. The summed E-state index contributed by atoms with van der Waals surface area (Å²) in [6, 6.07) is 8.21. The fraction of sp³-hybridized carbons (Fsp3) is 0.250. The molecule has 20 heavy (non-hydrogen) atoms. The van der Waals surface area contributed by atoms with Crippen LogP contribution in [-0.2, 0) is 18.9 Å². The van der Waals surface area contributed by atoms with E-state index in [0.717, 1.165) is 0 Å². The summed E-state index contributed by atoms with van der Waals surface area (Å²) in [7, 11) is -0.116. The summed E-state index contributed by atoms with van der Waals surface area (Å²) < 4.78 is 14.5. The molecule has 1 fully saturated rings. The van der Waals surface area contributed by atoms with E-state index in [1.165, 1.54) is 4.90 Å². The molecule has 1 saturated heterocycles. The summed E-state index contributed by atoms with van der Waals surface area (Å²) >= 11 is 0. The van der Waals surface area contributed by atoms with Crippen LogP contribution in [0, 0.1) is 0 Å². The number of rotatable bonds is 2. The van der Waals surface area contributed by atoms with Gasteiger partial charge < -0.3 is 14.0 Å². The van der Waals surface area contributed by atoms with E-state index in [0.29, 0.717) is 0 Å². The molecule has 0 aliphatic carbocycles. The number of likely N-dealkylation sites (N-methyl/N-ethyl adjacent to an activating group) is 1. The smallest absolute Gasteiger partial charge is 0.490 e. The topological polar surface area (TPSA) is 82.1 Å². The average molecular weight is 277 g/mol. The molecule has 0 saturated carbocycles. The zero-order valence-corrected chi connectivity index (χ0v) is 10.8. The van der Waals surface area contributed by atoms with E-state index in [1.807, 2.05) is 0 Å². The van der Waals surface area contributed by atoms with Gasteiger partial charge >= 0.3 is 24.9 Å². The van der Waals surface area contributed by atoms with Crippen LogP contribution in [0.2, 0.25) is 0 Å². The van der Waals surface area contributed by atoms with E-state index < -0.39 is 24.9 Å². The molecule has 8 heteroatoms. The van der Waals surface area contributed by atoms with Crippen LogP contribution in [0.25, 0.3) is 0 Å². The molecular weight excluding hydrogens is 265 g/mol. The predicted octanol–water partition coefficient (Wildman–Crippen LogP) is 0.287. The van der Waals surface area contributed by atoms with Crippen LogP contribution in [-0.4, -0.2) is 50.0 Å². The zero-order chi connectivity index (χ0) is 14.5. The van der Waals surface area contributed by atoms with Crippen LogP contribution in [0.5, 0.6) is 5.75 Å². The third-order valence-corrected chi connectivity index (χ3v) is 2.43. The van der Waals surface area contributed by atoms with E-state index in [2.05, 4.69) is 0 Å². The Morgan fingerprint density at radius 2 is 1.70 bits per heavy atom. The highest BCUT2D eigenvalue weighted by Crippen LogP contribution is 2.11. The number of carbonyl (C=O) groups excluding carboxylic acids is 3. The van der Waals surface area contributed by atoms with Gasteiger partial charge in [0.05, 0.1) is 13.1 Å². The number of para-hydroxylation sites is 1. The van der Waals surface area contributed by atoms with Crippen LogP contribution in [0.3, 0.4) is 0 Å². The van der Waals surface area contributed by atoms with Crippen molar-refractivity contribution in [1.29, 1.82) is 0 Å². The Hall–Kier alpha value is -2.35. The highest BCUT2D eigenvalue weighted by molar-refractivity contribution is 6.81. The van der Waals surface area contributed by atoms with Gasteiger partial charge in [-0.2, -0.15) is 0 Å². The molecule has 104 valence electrons. The third kappa shape index (κ3) is 3.82. The Morgan fingerprint density at radius 1 is 1.15 bits per heavy atom. The van der Waals surface area contributed by atoms with Gasteiger partial charge in [-0.3, -0.25) is 19.3 Å². The minimum Gasteiger partial charge on any atom is -0.490 e. The Bertz CT molecular complexity index is 500. The largest absolute Gasteiger partial charge is 0.721 e. The molecule has 0 N–H and O–H groups in total. The monoisotopic (exact) mass is 277 g/mol. The van der Waals surface area contributed by atoms with Gasteiger partial charge in [-0.05, 0) is 19.2 Å². The lowest BCUT2D eigenvalue weighted by Gasteiger charge is -2.21. The molecule has 0 atom stereocenters. The Balaban J connectivity index is 2.04. The fourth-order valence-corrected chi connectivity index (χ4v) is 1.58. The molecule has 1 aromatic rings. The van der Waals surface area contributed by atoms with Gasteiger partial charge in [0, 0.05) is 0 Å². The molecule has 0 amide bonds. The quantitative estimate of drug-likeness (QED) is 0.718. The number of nitrogens with zero attached hydrogens (tertiary/aromatic N) is 1. The van der Waals surface area contributed by atoms with E-state index in [9.17, 15) is 14.4 Å². The molecule has 1 aliphatic rings. The molecule has 1 aliphatic heterocycles. The molecule has 1 aromatic carbocycles. The van der Waals surface area contributed by atoms with Gasteiger partial charge in [0.25, 0.3) is 0 Å². The van der Waals surface area contributed by atoms with Gasteiger partial charge in [0.1, 0.15) is 5.75 Å². The maximum absolute atomic E-state index is 11.8. The SMILES string of the molecule is CN1CC(=O)OB(C(=O)Oc2ccccc2)OC(=O)C1. The highest BCUT2D eigenvalue weighted by atomic mass is 16.7. The first kappa shape index (κ1) is 14.1. The molecule has 0 unspecified atom stereocenters. The molecule has 0 aromatic heterocycles. The van der Waals surface area contributed by atoms with Crippen molar-refractivity contribution in [3.8, 4) is 5.75 Å². The Morgan fingerprint density at radius 3 is 2.25 bits per heavy atom. The molecule has 1 heterocycles. The number of hydrogen-bond acceptors (Lipinski definition) is 7. The molecular formula is C12H12BNO6. The highest BCUT2D eigenvalue weighted by Gasteiger charge is 2.41. The first-order valence-electron chi connectivity index (χ1n) is 5.89. The van der Waals surface area contributed by atoms with Gasteiger partial charge in [-0.15, -0.1) is 0 Å². The van der Waals surface area contributed by atoms with Crippen molar-refractivity contribution in [2.75, 3.05) is 20.1 Å². The summed E-state index contributed by atoms with van der Waals surface area (Å²) in [5.41, 5.74) is 0. The maximum atomic E-state index is 11.8. The van der Waals surface area contributed by atoms with Crippen molar-refractivity contribution in [3.63, 3.8) is 0 Å². The lowest BCUT2D eigenvalue weighted by atomic mass is 9.90. The van der Waals surface area contributed by atoms with Crippen LogP contribution in [0.15, 0.2) is 30.3 Å². The summed E-state index contributed by atoms with van der Waals surface area (Å²) in [5.74, 6) is -2.03. The average Bonchev–Trinajstić information content (AvgIpc) is 2.37. The summed E-state index contributed by atoms with van der Waals surface area (Å²) in [5, 5.41) is 0. The third-order valence-electron chi connectivity index (χ3n) is 2.43. The Kier molecular flexibility index (Phi) is 4.36. The molecule has 0 radical (unpaired) electrons. The lowest BCUT2D eigenvalue weighted by Crippen LogP contribution is -2.47. The first-order chi connectivity index (χ1) is 9.54. The van der Waals surface area contributed by atoms with Gasteiger partial charge in [-0.25, -0.2) is 0 Å². The van der Waals surface area contributed by atoms with Crippen LogP contribution in [0.4, 0.5) is 4.79 Å². The first-order valence-corrected chi connectivity index (χ1v) is 5.89. The second-order valence-electron chi connectivity index (χ2n) is 4.22. The number of benzene rings is 1. The van der Waals surface area contributed by atoms with E-state index >= 15 is 0 Å². The van der Waals surface area contributed by atoms with E-state index in [1.54, 1.807) is 37.4 Å². The van der Waals surface area contributed by atoms with Crippen LogP contribution in [0.1, 0.15) is 0 Å². The van der Waals surface area contributed by atoms with Gasteiger partial charge in [-0.1, -0.05) is 18.2 Å².